The van der Waals surface area contributed by atoms with E-state index in [-0.39, 0.29) is 31.6 Å². The van der Waals surface area contributed by atoms with Crippen LogP contribution in [0.2, 0.25) is 0 Å². The van der Waals surface area contributed by atoms with Gasteiger partial charge in [-0.15, -0.1) is 0 Å². The number of β-amino-alcohol motifs (C(OH)–C–C–N with tert-alkyl or cyclic N) is 1. The van der Waals surface area contributed by atoms with Gasteiger partial charge in [-0.25, -0.2) is 0 Å². The van der Waals surface area contributed by atoms with Crippen LogP contribution in [-0.4, -0.2) is 71.3 Å². The highest BCUT2D eigenvalue weighted by molar-refractivity contribution is 5.98. The number of likely N-dealkylation sites (tertiary alicyclic amines) is 1. The second kappa shape index (κ2) is 8.60. The van der Waals surface area contributed by atoms with Gasteiger partial charge >= 0.3 is 5.97 Å². The number of esters is 1. The molecule has 0 aliphatic carbocycles. The molecule has 2 N–H and O–H groups in total. The molecule has 3 fully saturated rings. The predicted molar refractivity (Wildman–Crippen MR) is 105 cm³/mol. The number of amides is 2. The molecule has 2 amide bonds. The molecule has 0 saturated carbocycles. The van der Waals surface area contributed by atoms with E-state index in [2.05, 4.69) is 12.2 Å². The SMILES string of the molecule is CCCCCNC(=O)C1N(CCO)C(=O)[C@@H]2[C@@H](C(=O)OCC)[C@@]3(CC)CCC12O3. The van der Waals surface area contributed by atoms with E-state index in [1.165, 1.54) is 4.90 Å². The summed E-state index contributed by atoms with van der Waals surface area (Å²) in [6.45, 7) is 6.33. The Morgan fingerprint density at radius 2 is 2.03 bits per heavy atom. The first-order valence-corrected chi connectivity index (χ1v) is 11.0. The van der Waals surface area contributed by atoms with Gasteiger partial charge in [-0.1, -0.05) is 26.7 Å². The lowest BCUT2D eigenvalue weighted by molar-refractivity contribution is -0.160. The number of carbonyl (C=O) groups is 3. The second-order valence-corrected chi connectivity index (χ2v) is 8.34. The molecule has 3 aliphatic rings. The van der Waals surface area contributed by atoms with Crippen LogP contribution >= 0.6 is 0 Å². The zero-order chi connectivity index (χ0) is 21.2. The Bertz CT molecular complexity index is 655. The molecule has 3 aliphatic heterocycles. The molecule has 0 aromatic rings. The van der Waals surface area contributed by atoms with Gasteiger partial charge in [-0.3, -0.25) is 14.4 Å². The van der Waals surface area contributed by atoms with Gasteiger partial charge in [0.1, 0.15) is 17.6 Å². The maximum absolute atomic E-state index is 13.4. The number of nitrogens with zero attached hydrogens (tertiary/aromatic N) is 1. The fourth-order valence-corrected chi connectivity index (χ4v) is 5.64. The van der Waals surface area contributed by atoms with Crippen molar-refractivity contribution in [1.29, 1.82) is 0 Å². The number of fused-ring (bicyclic) bond motifs is 1. The fraction of sp³-hybridized carbons (Fsp3) is 0.857. The quantitative estimate of drug-likeness (QED) is 0.411. The van der Waals surface area contributed by atoms with Crippen molar-refractivity contribution >= 4 is 17.8 Å². The van der Waals surface area contributed by atoms with Gasteiger partial charge in [-0.05, 0) is 32.6 Å². The summed E-state index contributed by atoms with van der Waals surface area (Å²) in [5.74, 6) is -2.44. The van der Waals surface area contributed by atoms with Crippen LogP contribution in [-0.2, 0) is 23.9 Å². The monoisotopic (exact) mass is 410 g/mol. The van der Waals surface area contributed by atoms with Crippen LogP contribution in [0.4, 0.5) is 0 Å². The lowest BCUT2D eigenvalue weighted by atomic mass is 9.65. The van der Waals surface area contributed by atoms with Crippen molar-refractivity contribution in [2.75, 3.05) is 26.3 Å². The summed E-state index contributed by atoms with van der Waals surface area (Å²) in [4.78, 5) is 40.8. The number of nitrogens with one attached hydrogen (secondary N) is 1. The molecule has 164 valence electrons. The van der Waals surface area contributed by atoms with Crippen molar-refractivity contribution in [3.05, 3.63) is 0 Å². The van der Waals surface area contributed by atoms with Crippen LogP contribution < -0.4 is 5.32 Å². The summed E-state index contributed by atoms with van der Waals surface area (Å²) in [5, 5.41) is 12.5. The van der Waals surface area contributed by atoms with E-state index in [1.54, 1.807) is 6.92 Å². The first-order valence-electron chi connectivity index (χ1n) is 11.0. The lowest BCUT2D eigenvalue weighted by Gasteiger charge is -2.33. The Morgan fingerprint density at radius 3 is 2.66 bits per heavy atom. The molecule has 29 heavy (non-hydrogen) atoms. The van der Waals surface area contributed by atoms with Gasteiger partial charge in [0, 0.05) is 13.1 Å². The zero-order valence-corrected chi connectivity index (χ0v) is 17.7. The van der Waals surface area contributed by atoms with Crippen LogP contribution in [0, 0.1) is 11.8 Å². The van der Waals surface area contributed by atoms with E-state index in [1.807, 2.05) is 6.92 Å². The maximum atomic E-state index is 13.4. The van der Waals surface area contributed by atoms with Gasteiger partial charge in [0.25, 0.3) is 0 Å². The van der Waals surface area contributed by atoms with E-state index in [0.717, 1.165) is 19.3 Å². The van der Waals surface area contributed by atoms with Crippen LogP contribution in [0.3, 0.4) is 0 Å². The third-order valence-corrected chi connectivity index (χ3v) is 6.89. The van der Waals surface area contributed by atoms with E-state index in [0.29, 0.717) is 25.8 Å². The molecule has 8 nitrogen and oxygen atoms in total. The highest BCUT2D eigenvalue weighted by atomic mass is 16.6. The molecule has 8 heteroatoms. The Kier molecular flexibility index (Phi) is 6.53. The number of ether oxygens (including phenoxy) is 2. The van der Waals surface area contributed by atoms with Gasteiger partial charge in [0.2, 0.25) is 11.8 Å². The van der Waals surface area contributed by atoms with E-state index in [4.69, 9.17) is 9.47 Å². The maximum Gasteiger partial charge on any atom is 0.312 e. The number of unbranched alkanes of at least 4 members (excludes halogenated alkanes) is 2. The summed E-state index contributed by atoms with van der Waals surface area (Å²) in [7, 11) is 0. The highest BCUT2D eigenvalue weighted by Gasteiger charge is 2.78. The third kappa shape index (κ3) is 3.34. The lowest BCUT2D eigenvalue weighted by Crippen LogP contribution is -2.55. The van der Waals surface area contributed by atoms with Crippen LogP contribution in [0.5, 0.6) is 0 Å². The Hall–Kier alpha value is -1.67. The molecule has 3 rings (SSSR count). The second-order valence-electron chi connectivity index (χ2n) is 8.34. The molecule has 1 spiro atoms. The molecule has 3 saturated heterocycles. The highest BCUT2D eigenvalue weighted by Crippen LogP contribution is 2.64. The average molecular weight is 411 g/mol. The Balaban J connectivity index is 1.94. The van der Waals surface area contributed by atoms with Crippen molar-refractivity contribution in [2.45, 2.75) is 76.5 Å². The number of hydrogen-bond donors (Lipinski definition) is 2. The number of aliphatic hydroxyl groups is 1. The summed E-state index contributed by atoms with van der Waals surface area (Å²) in [6.07, 6.45) is 4.66. The number of hydrogen-bond acceptors (Lipinski definition) is 6. The molecular formula is C21H34N2O6. The average Bonchev–Trinajstić information content (AvgIpc) is 3.30. The Labute approximate surface area is 172 Å². The zero-order valence-electron chi connectivity index (χ0n) is 17.7. The summed E-state index contributed by atoms with van der Waals surface area (Å²) in [6, 6.07) is -0.832. The standard InChI is InChI=1S/C21H34N2O6/c1-4-7-8-11-22-17(25)16-21-10-9-20(5-2,29-21)15(19(27)28-6-3)14(21)18(26)23(16)12-13-24/h14-16,24H,4-13H2,1-3H3,(H,22,25)/t14-,15-,16?,20+,21?/m0/s1. The van der Waals surface area contributed by atoms with Crippen molar-refractivity contribution in [2.24, 2.45) is 11.8 Å². The number of aliphatic hydroxyl groups excluding tert-OH is 1. The number of carbonyl (C=O) groups excluding carboxylic acids is 3. The smallest absolute Gasteiger partial charge is 0.312 e. The molecule has 0 aromatic carbocycles. The Morgan fingerprint density at radius 1 is 1.28 bits per heavy atom. The molecule has 5 atom stereocenters. The summed E-state index contributed by atoms with van der Waals surface area (Å²) >= 11 is 0. The molecular weight excluding hydrogens is 376 g/mol. The minimum absolute atomic E-state index is 0.0438. The molecule has 2 bridgehead atoms. The minimum atomic E-state index is -1.03. The van der Waals surface area contributed by atoms with Crippen LogP contribution in [0.15, 0.2) is 0 Å². The van der Waals surface area contributed by atoms with Crippen molar-refractivity contribution in [1.82, 2.24) is 10.2 Å². The van der Waals surface area contributed by atoms with Crippen LogP contribution in [0.1, 0.15) is 59.3 Å². The molecule has 2 unspecified atom stereocenters. The molecule has 0 radical (unpaired) electrons. The minimum Gasteiger partial charge on any atom is -0.466 e. The van der Waals surface area contributed by atoms with E-state index in [9.17, 15) is 19.5 Å². The largest absolute Gasteiger partial charge is 0.466 e. The summed E-state index contributed by atoms with van der Waals surface area (Å²) < 4.78 is 11.8. The molecule has 3 heterocycles. The summed E-state index contributed by atoms with van der Waals surface area (Å²) in [5.41, 5.74) is -1.80. The van der Waals surface area contributed by atoms with E-state index < -0.39 is 35.0 Å². The topological polar surface area (TPSA) is 105 Å². The number of rotatable bonds is 10. The first-order chi connectivity index (χ1) is 13.9. The van der Waals surface area contributed by atoms with Crippen molar-refractivity contribution < 1.29 is 29.0 Å². The van der Waals surface area contributed by atoms with Gasteiger partial charge in [-0.2, -0.15) is 0 Å². The normalized spacial score (nSPS) is 35.1. The van der Waals surface area contributed by atoms with Gasteiger partial charge in [0.15, 0.2) is 0 Å². The van der Waals surface area contributed by atoms with Crippen molar-refractivity contribution in [3.8, 4) is 0 Å². The predicted octanol–water partition coefficient (Wildman–Crippen LogP) is 1.00. The van der Waals surface area contributed by atoms with Gasteiger partial charge in [0.05, 0.1) is 24.7 Å². The van der Waals surface area contributed by atoms with E-state index >= 15 is 0 Å². The van der Waals surface area contributed by atoms with Gasteiger partial charge < -0.3 is 24.8 Å². The fourth-order valence-electron chi connectivity index (χ4n) is 5.64. The van der Waals surface area contributed by atoms with Crippen LogP contribution in [0.25, 0.3) is 0 Å². The first kappa shape index (κ1) is 22.0. The van der Waals surface area contributed by atoms with Crippen molar-refractivity contribution in [3.63, 3.8) is 0 Å². The third-order valence-electron chi connectivity index (χ3n) is 6.89. The molecule has 0 aromatic heterocycles.